The zero-order valence-corrected chi connectivity index (χ0v) is 16.2. The smallest absolute Gasteiger partial charge is 0.261 e. The van der Waals surface area contributed by atoms with E-state index in [1.165, 1.54) is 6.26 Å². The fraction of sp³-hybridized carbons (Fsp3) is 0.273. The average Bonchev–Trinajstić information content (AvgIpc) is 3.44. The highest BCUT2D eigenvalue weighted by Crippen LogP contribution is 2.36. The minimum Gasteiger partial charge on any atom is -0.445 e. The first-order valence-corrected chi connectivity index (χ1v) is 10.0. The first-order chi connectivity index (χ1) is 14.7. The molecule has 0 amide bonds. The van der Waals surface area contributed by atoms with E-state index in [4.69, 9.17) is 9.52 Å². The van der Waals surface area contributed by atoms with Crippen molar-refractivity contribution in [1.82, 2.24) is 19.7 Å². The molecule has 1 fully saturated rings. The monoisotopic (exact) mass is 400 g/mol. The van der Waals surface area contributed by atoms with E-state index in [0.717, 1.165) is 42.5 Å². The molecule has 2 atom stereocenters. The molecule has 150 valence electrons. The summed E-state index contributed by atoms with van der Waals surface area (Å²) >= 11 is 0. The molecule has 3 heterocycles. The summed E-state index contributed by atoms with van der Waals surface area (Å²) in [5.74, 6) is 0.930. The van der Waals surface area contributed by atoms with Crippen LogP contribution in [0.2, 0.25) is 0 Å². The van der Waals surface area contributed by atoms with Gasteiger partial charge in [-0.1, -0.05) is 12.8 Å². The van der Waals surface area contributed by atoms with Crippen LogP contribution in [0.1, 0.15) is 31.7 Å². The number of benzene rings is 1. The lowest BCUT2D eigenvalue weighted by Crippen LogP contribution is -2.23. The maximum atomic E-state index is 12.6. The summed E-state index contributed by atoms with van der Waals surface area (Å²) in [5.41, 5.74) is 2.19. The van der Waals surface area contributed by atoms with Crippen LogP contribution in [0.3, 0.4) is 0 Å². The van der Waals surface area contributed by atoms with Gasteiger partial charge in [-0.15, -0.1) is 0 Å². The van der Waals surface area contributed by atoms with Crippen LogP contribution in [0.5, 0.6) is 0 Å². The van der Waals surface area contributed by atoms with Gasteiger partial charge in [-0.05, 0) is 43.2 Å². The number of H-pyrrole nitrogens is 1. The standard InChI is InChI=1S/C22H20N6O2/c23-13-15-3-1-2-4-17(15)28-18-9-10-24-21(29)19(18)20(27-28)26-16-7-5-14(6-8-16)22-25-11-12-30-22/h5-12,15,17H,1-4H2,(H,24,29)(H,26,27)/t15-,17+/m1/s1. The molecule has 1 saturated carbocycles. The van der Waals surface area contributed by atoms with Crippen LogP contribution in [0.15, 0.2) is 58.2 Å². The summed E-state index contributed by atoms with van der Waals surface area (Å²) in [5, 5.41) is 18.1. The minimum absolute atomic E-state index is 0.0315. The van der Waals surface area contributed by atoms with Crippen molar-refractivity contribution in [1.29, 1.82) is 5.26 Å². The lowest BCUT2D eigenvalue weighted by Gasteiger charge is -2.27. The Kier molecular flexibility index (Phi) is 4.56. The quantitative estimate of drug-likeness (QED) is 0.526. The lowest BCUT2D eigenvalue weighted by molar-refractivity contribution is 0.277. The number of oxazole rings is 1. The first kappa shape index (κ1) is 18.2. The Bertz CT molecular complexity index is 1260. The van der Waals surface area contributed by atoms with Gasteiger partial charge in [-0.2, -0.15) is 10.4 Å². The van der Waals surface area contributed by atoms with Crippen LogP contribution in [0, 0.1) is 17.2 Å². The second kappa shape index (κ2) is 7.52. The Labute approximate surface area is 172 Å². The van der Waals surface area contributed by atoms with Gasteiger partial charge in [0.05, 0.1) is 29.7 Å². The Morgan fingerprint density at radius 3 is 2.80 bits per heavy atom. The molecule has 0 unspecified atom stereocenters. The zero-order valence-electron chi connectivity index (χ0n) is 16.2. The number of pyridine rings is 1. The molecule has 1 aliphatic rings. The van der Waals surface area contributed by atoms with Gasteiger partial charge in [0.2, 0.25) is 5.89 Å². The second-order valence-corrected chi connectivity index (χ2v) is 7.49. The highest BCUT2D eigenvalue weighted by atomic mass is 16.3. The maximum absolute atomic E-state index is 12.6. The van der Waals surface area contributed by atoms with E-state index in [9.17, 15) is 10.1 Å². The van der Waals surface area contributed by atoms with Gasteiger partial charge in [0.25, 0.3) is 5.56 Å². The molecule has 5 rings (SSSR count). The molecule has 3 aromatic heterocycles. The third-order valence-corrected chi connectivity index (χ3v) is 5.67. The number of nitrogens with zero attached hydrogens (tertiary/aromatic N) is 4. The normalized spacial score (nSPS) is 18.9. The SMILES string of the molecule is N#C[C@H]1CCCC[C@@H]1n1nc(Nc2ccc(-c3ncco3)cc2)c2c(=O)[nH]ccc21. The number of aromatic amines is 1. The van der Waals surface area contributed by atoms with Crippen LogP contribution >= 0.6 is 0 Å². The topological polar surface area (TPSA) is 113 Å². The van der Waals surface area contributed by atoms with E-state index in [1.807, 2.05) is 35.0 Å². The van der Waals surface area contributed by atoms with E-state index in [0.29, 0.717) is 17.1 Å². The lowest BCUT2D eigenvalue weighted by atomic mass is 9.85. The number of hydrogen-bond acceptors (Lipinski definition) is 6. The minimum atomic E-state index is -0.207. The van der Waals surface area contributed by atoms with E-state index in [-0.39, 0.29) is 17.5 Å². The molecule has 0 spiro atoms. The molecule has 4 aromatic rings. The van der Waals surface area contributed by atoms with Crippen molar-refractivity contribution in [3.05, 3.63) is 59.3 Å². The molecule has 30 heavy (non-hydrogen) atoms. The first-order valence-electron chi connectivity index (χ1n) is 10.0. The van der Waals surface area contributed by atoms with E-state index in [1.54, 1.807) is 12.4 Å². The van der Waals surface area contributed by atoms with E-state index in [2.05, 4.69) is 21.4 Å². The predicted octanol–water partition coefficient (Wildman–Crippen LogP) is 4.38. The number of nitrogens with one attached hydrogen (secondary N) is 2. The second-order valence-electron chi connectivity index (χ2n) is 7.49. The number of fused-ring (bicyclic) bond motifs is 1. The van der Waals surface area contributed by atoms with Crippen molar-refractivity contribution in [3.63, 3.8) is 0 Å². The fourth-order valence-electron chi connectivity index (χ4n) is 4.19. The van der Waals surface area contributed by atoms with Gasteiger partial charge in [-0.3, -0.25) is 9.48 Å². The van der Waals surface area contributed by atoms with Crippen molar-refractivity contribution in [3.8, 4) is 17.5 Å². The van der Waals surface area contributed by atoms with Crippen LogP contribution in [-0.4, -0.2) is 19.7 Å². The summed E-state index contributed by atoms with van der Waals surface area (Å²) in [6, 6.07) is 11.8. The number of hydrogen-bond donors (Lipinski definition) is 2. The molecule has 0 saturated heterocycles. The summed E-state index contributed by atoms with van der Waals surface area (Å²) in [6.45, 7) is 0. The number of aromatic nitrogens is 4. The van der Waals surface area contributed by atoms with Crippen molar-refractivity contribution in [2.24, 2.45) is 5.92 Å². The molecule has 8 nitrogen and oxygen atoms in total. The molecule has 2 N–H and O–H groups in total. The number of nitriles is 1. The van der Waals surface area contributed by atoms with Crippen LogP contribution < -0.4 is 10.9 Å². The van der Waals surface area contributed by atoms with Crippen molar-refractivity contribution in [2.75, 3.05) is 5.32 Å². The van der Waals surface area contributed by atoms with Gasteiger partial charge in [0, 0.05) is 17.4 Å². The zero-order chi connectivity index (χ0) is 20.5. The summed E-state index contributed by atoms with van der Waals surface area (Å²) < 4.78 is 7.19. The molecule has 0 bridgehead atoms. The number of anilines is 2. The van der Waals surface area contributed by atoms with Crippen LogP contribution in [0.25, 0.3) is 22.4 Å². The summed E-state index contributed by atoms with van der Waals surface area (Å²) in [7, 11) is 0. The third kappa shape index (κ3) is 3.14. The fourth-order valence-corrected chi connectivity index (χ4v) is 4.19. The van der Waals surface area contributed by atoms with Gasteiger partial charge >= 0.3 is 0 Å². The van der Waals surface area contributed by atoms with Crippen molar-refractivity contribution in [2.45, 2.75) is 31.7 Å². The molecular formula is C22H20N6O2. The van der Waals surface area contributed by atoms with Gasteiger partial charge in [0.1, 0.15) is 11.6 Å². The maximum Gasteiger partial charge on any atom is 0.261 e. The van der Waals surface area contributed by atoms with Crippen molar-refractivity contribution >= 4 is 22.4 Å². The largest absolute Gasteiger partial charge is 0.445 e. The Balaban J connectivity index is 1.53. The Morgan fingerprint density at radius 2 is 2.03 bits per heavy atom. The van der Waals surface area contributed by atoms with Crippen LogP contribution in [0.4, 0.5) is 11.5 Å². The predicted molar refractivity (Wildman–Crippen MR) is 112 cm³/mol. The highest BCUT2D eigenvalue weighted by molar-refractivity contribution is 5.91. The molecule has 1 aliphatic carbocycles. The van der Waals surface area contributed by atoms with E-state index >= 15 is 0 Å². The molecule has 1 aromatic carbocycles. The van der Waals surface area contributed by atoms with Gasteiger partial charge in [0.15, 0.2) is 5.82 Å². The Morgan fingerprint density at radius 1 is 1.20 bits per heavy atom. The number of rotatable bonds is 4. The molecule has 8 heteroatoms. The molecule has 0 radical (unpaired) electrons. The van der Waals surface area contributed by atoms with Gasteiger partial charge < -0.3 is 14.7 Å². The molecule has 0 aliphatic heterocycles. The van der Waals surface area contributed by atoms with Crippen LogP contribution in [-0.2, 0) is 0 Å². The summed E-state index contributed by atoms with van der Waals surface area (Å²) in [6.07, 6.45) is 8.61. The Hall–Kier alpha value is -3.86. The van der Waals surface area contributed by atoms with E-state index < -0.39 is 0 Å². The third-order valence-electron chi connectivity index (χ3n) is 5.67. The summed E-state index contributed by atoms with van der Waals surface area (Å²) in [4.78, 5) is 19.5. The molecular weight excluding hydrogens is 380 g/mol. The van der Waals surface area contributed by atoms with Gasteiger partial charge in [-0.25, -0.2) is 4.98 Å². The van der Waals surface area contributed by atoms with Crippen molar-refractivity contribution < 1.29 is 4.42 Å². The average molecular weight is 400 g/mol. The highest BCUT2D eigenvalue weighted by Gasteiger charge is 2.29.